The summed E-state index contributed by atoms with van der Waals surface area (Å²) in [6.07, 6.45) is 1.35. The Bertz CT molecular complexity index is 1080. The summed E-state index contributed by atoms with van der Waals surface area (Å²) in [6, 6.07) is 7.65. The molecule has 1 saturated carbocycles. The van der Waals surface area contributed by atoms with Gasteiger partial charge in [-0.2, -0.15) is 0 Å². The van der Waals surface area contributed by atoms with Crippen molar-refractivity contribution in [1.29, 1.82) is 0 Å². The molecule has 2 amide bonds. The minimum atomic E-state index is -3.39. The first-order valence-corrected chi connectivity index (χ1v) is 10.9. The van der Waals surface area contributed by atoms with Crippen molar-refractivity contribution in [2.45, 2.75) is 36.7 Å². The Kier molecular flexibility index (Phi) is 5.82. The number of aromatic nitrogens is 2. The normalized spacial score (nSPS) is 14.2. The fourth-order valence-corrected chi connectivity index (χ4v) is 4.90. The number of aliphatic hydroxyl groups is 1. The molecule has 2 aromatic rings. The van der Waals surface area contributed by atoms with E-state index in [2.05, 4.69) is 27.2 Å². The molecule has 1 aliphatic rings. The van der Waals surface area contributed by atoms with Crippen LogP contribution in [0.25, 0.3) is 11.4 Å². The lowest BCUT2D eigenvalue weighted by molar-refractivity contribution is 0.251. The number of nitrogens with two attached hydrogens (primary N) is 1. The lowest BCUT2D eigenvalue weighted by atomic mass is 10.1. The Hall–Kier alpha value is -2.98. The minimum absolute atomic E-state index is 0.175. The average Bonchev–Trinajstić information content (AvgIpc) is 3.53. The monoisotopic (exact) mass is 431 g/mol. The smallest absolute Gasteiger partial charge is 0.323 e. The Balaban J connectivity index is 1.84. The van der Waals surface area contributed by atoms with Crippen molar-refractivity contribution in [2.24, 2.45) is 0 Å². The number of amides is 2. The van der Waals surface area contributed by atoms with E-state index in [4.69, 9.17) is 10.8 Å². The fourth-order valence-electron chi connectivity index (χ4n) is 2.91. The largest absolute Gasteiger partial charge is 0.390 e. The van der Waals surface area contributed by atoms with Gasteiger partial charge in [0.15, 0.2) is 15.7 Å². The van der Waals surface area contributed by atoms with Gasteiger partial charge in [0.2, 0.25) is 0 Å². The zero-order chi connectivity index (χ0) is 22.1. The molecule has 1 heterocycles. The number of nitrogens with one attached hydrogen (secondary N) is 2. The maximum atomic E-state index is 12.9. The van der Waals surface area contributed by atoms with Crippen molar-refractivity contribution in [1.82, 2.24) is 15.3 Å². The van der Waals surface area contributed by atoms with Crippen molar-refractivity contribution in [3.63, 3.8) is 0 Å². The zero-order valence-electron chi connectivity index (χ0n) is 16.8. The number of sulfone groups is 1. The van der Waals surface area contributed by atoms with Crippen LogP contribution < -0.4 is 16.4 Å². The molecule has 1 fully saturated rings. The van der Waals surface area contributed by atoms with E-state index in [0.717, 1.165) is 0 Å². The molecule has 0 atom stereocenters. The lowest BCUT2D eigenvalue weighted by Crippen LogP contribution is -2.33. The molecule has 0 unspecified atom stereocenters. The van der Waals surface area contributed by atoms with Gasteiger partial charge in [0, 0.05) is 23.0 Å². The summed E-state index contributed by atoms with van der Waals surface area (Å²) in [5, 5.41) is 13.6. The molecule has 0 saturated heterocycles. The molecule has 10 heteroatoms. The van der Waals surface area contributed by atoms with Crippen LogP contribution in [0.1, 0.15) is 32.4 Å². The number of carbonyl (C=O) groups is 1. The van der Waals surface area contributed by atoms with Crippen LogP contribution in [0.3, 0.4) is 0 Å². The first-order valence-electron chi connectivity index (χ1n) is 9.40. The molecule has 9 nitrogen and oxygen atoms in total. The van der Waals surface area contributed by atoms with Crippen LogP contribution in [0, 0.1) is 0 Å². The molecule has 1 aromatic carbocycles. The highest BCUT2D eigenvalue weighted by molar-refractivity contribution is 7.93. The number of hydrogen-bond donors (Lipinski definition) is 4. The maximum Gasteiger partial charge on any atom is 0.323 e. The molecule has 0 aliphatic heterocycles. The summed E-state index contributed by atoms with van der Waals surface area (Å²) in [5.74, 6) is 0.479. The number of nitrogens with zero attached hydrogens (tertiary/aromatic N) is 2. The van der Waals surface area contributed by atoms with Crippen LogP contribution in [-0.2, 0) is 14.6 Å². The summed E-state index contributed by atoms with van der Waals surface area (Å²) in [4.78, 5) is 20.5. The summed E-state index contributed by atoms with van der Waals surface area (Å²) >= 11 is 0. The van der Waals surface area contributed by atoms with Crippen molar-refractivity contribution < 1.29 is 18.3 Å². The molecular weight excluding hydrogens is 406 g/mol. The Labute approximate surface area is 175 Å². The molecule has 1 aliphatic carbocycles. The van der Waals surface area contributed by atoms with Gasteiger partial charge in [-0.05, 0) is 51.0 Å². The second-order valence-corrected chi connectivity index (χ2v) is 10.5. The zero-order valence-corrected chi connectivity index (χ0v) is 17.7. The summed E-state index contributed by atoms with van der Waals surface area (Å²) in [5.41, 5.74) is 7.59. The number of aliphatic hydroxyl groups excluding tert-OH is 1. The van der Waals surface area contributed by atoms with E-state index < -0.39 is 20.6 Å². The third-order valence-electron chi connectivity index (χ3n) is 4.92. The highest BCUT2D eigenvalue weighted by atomic mass is 32.2. The van der Waals surface area contributed by atoms with Crippen LogP contribution in [0.15, 0.2) is 42.6 Å². The van der Waals surface area contributed by atoms with Crippen molar-refractivity contribution in [3.05, 3.63) is 48.3 Å². The van der Waals surface area contributed by atoms with Crippen LogP contribution in [0.4, 0.5) is 16.3 Å². The number of urea groups is 1. The first kappa shape index (κ1) is 21.7. The lowest BCUT2D eigenvalue weighted by Gasteiger charge is -2.25. The summed E-state index contributed by atoms with van der Waals surface area (Å²) in [7, 11) is -3.39. The third kappa shape index (κ3) is 4.44. The molecule has 1 aromatic heterocycles. The van der Waals surface area contributed by atoms with Gasteiger partial charge in [-0.25, -0.2) is 23.2 Å². The van der Waals surface area contributed by atoms with Gasteiger partial charge >= 0.3 is 6.03 Å². The molecule has 160 valence electrons. The topological polar surface area (TPSA) is 147 Å². The summed E-state index contributed by atoms with van der Waals surface area (Å²) < 4.78 is 24.5. The Morgan fingerprint density at radius 1 is 1.27 bits per heavy atom. The van der Waals surface area contributed by atoms with Crippen molar-refractivity contribution >= 4 is 27.4 Å². The van der Waals surface area contributed by atoms with Gasteiger partial charge in [0.05, 0.1) is 17.6 Å². The summed E-state index contributed by atoms with van der Waals surface area (Å²) in [6.45, 7) is 6.40. The predicted molar refractivity (Wildman–Crippen MR) is 115 cm³/mol. The minimum Gasteiger partial charge on any atom is -0.390 e. The second-order valence-electron chi connectivity index (χ2n) is 7.67. The average molecular weight is 432 g/mol. The first-order chi connectivity index (χ1) is 14.0. The highest BCUT2D eigenvalue weighted by Gasteiger charge is 2.48. The quantitative estimate of drug-likeness (QED) is 0.525. The van der Waals surface area contributed by atoms with E-state index >= 15 is 0 Å². The Morgan fingerprint density at radius 3 is 2.47 bits per heavy atom. The van der Waals surface area contributed by atoms with Crippen LogP contribution in [0.5, 0.6) is 0 Å². The number of carbonyl (C=O) groups excluding carboxylic acids is 1. The van der Waals surface area contributed by atoms with Crippen molar-refractivity contribution in [2.75, 3.05) is 17.7 Å². The number of anilines is 2. The van der Waals surface area contributed by atoms with Gasteiger partial charge in [0.1, 0.15) is 10.6 Å². The SMILES string of the molecule is C=C(CO)NC(=O)Nc1ccc(-c2nc(N)cc(C(C)(C)S(=O)(=O)C3CC3)n2)cc1. The van der Waals surface area contributed by atoms with E-state index in [1.165, 1.54) is 6.07 Å². The van der Waals surface area contributed by atoms with Gasteiger partial charge < -0.3 is 21.5 Å². The number of benzene rings is 1. The van der Waals surface area contributed by atoms with Gasteiger partial charge in [-0.1, -0.05) is 6.58 Å². The van der Waals surface area contributed by atoms with Crippen LogP contribution in [0.2, 0.25) is 0 Å². The number of hydrogen-bond acceptors (Lipinski definition) is 7. The van der Waals surface area contributed by atoms with Crippen LogP contribution >= 0.6 is 0 Å². The van der Waals surface area contributed by atoms with E-state index in [-0.39, 0.29) is 23.4 Å². The fraction of sp³-hybridized carbons (Fsp3) is 0.350. The van der Waals surface area contributed by atoms with Crippen LogP contribution in [-0.4, -0.2) is 41.4 Å². The predicted octanol–water partition coefficient (Wildman–Crippen LogP) is 2.17. The molecular formula is C20H25N5O4S. The van der Waals surface area contributed by atoms with E-state index in [0.29, 0.717) is 35.6 Å². The molecule has 0 bridgehead atoms. The molecule has 5 N–H and O–H groups in total. The van der Waals surface area contributed by atoms with Gasteiger partial charge in [-0.15, -0.1) is 0 Å². The van der Waals surface area contributed by atoms with Crippen molar-refractivity contribution in [3.8, 4) is 11.4 Å². The van der Waals surface area contributed by atoms with E-state index in [9.17, 15) is 13.2 Å². The molecule has 0 radical (unpaired) electrons. The maximum absolute atomic E-state index is 12.9. The number of nitrogen functional groups attached to an aromatic ring is 1. The molecule has 30 heavy (non-hydrogen) atoms. The van der Waals surface area contributed by atoms with Gasteiger partial charge in [-0.3, -0.25) is 0 Å². The standard InChI is InChI=1S/C20H25N5O4S/c1-12(11-26)22-19(27)23-14-6-4-13(5-7-14)18-24-16(10-17(21)25-18)20(2,3)30(28,29)15-8-9-15/h4-7,10,15,26H,1,8-9,11H2,2-3H3,(H2,21,24,25)(H2,22,23,27). The van der Waals surface area contributed by atoms with E-state index in [1.807, 2.05) is 0 Å². The van der Waals surface area contributed by atoms with E-state index in [1.54, 1.807) is 38.1 Å². The number of rotatable bonds is 7. The van der Waals surface area contributed by atoms with Gasteiger partial charge in [0.25, 0.3) is 0 Å². The Morgan fingerprint density at radius 2 is 1.90 bits per heavy atom. The molecule has 0 spiro atoms. The second kappa shape index (κ2) is 8.04. The third-order valence-corrected chi connectivity index (χ3v) is 7.90. The molecule has 3 rings (SSSR count). The highest BCUT2D eigenvalue weighted by Crippen LogP contribution is 2.41.